The van der Waals surface area contributed by atoms with E-state index >= 15 is 0 Å². The van der Waals surface area contributed by atoms with Gasteiger partial charge in [0.1, 0.15) is 6.04 Å². The van der Waals surface area contributed by atoms with Gasteiger partial charge in [0.15, 0.2) is 0 Å². The molecule has 0 aromatic heterocycles. The van der Waals surface area contributed by atoms with Crippen LogP contribution in [0.1, 0.15) is 38.5 Å². The second kappa shape index (κ2) is 4.92. The second-order valence-electron chi connectivity index (χ2n) is 5.63. The lowest BCUT2D eigenvalue weighted by atomic mass is 9.98. The van der Waals surface area contributed by atoms with Crippen LogP contribution in [0.3, 0.4) is 0 Å². The van der Waals surface area contributed by atoms with Crippen molar-refractivity contribution in [2.24, 2.45) is 0 Å². The minimum atomic E-state index is -0.464. The van der Waals surface area contributed by atoms with Crippen molar-refractivity contribution < 1.29 is 14.4 Å². The molecule has 2 heterocycles. The van der Waals surface area contributed by atoms with E-state index < -0.39 is 6.04 Å². The fraction of sp³-hybridized carbons (Fsp3) is 0.769. The Hall–Kier alpha value is -1.43. The van der Waals surface area contributed by atoms with Gasteiger partial charge in [-0.3, -0.25) is 19.7 Å². The molecule has 3 amide bonds. The van der Waals surface area contributed by atoms with Gasteiger partial charge < -0.3 is 10.2 Å². The van der Waals surface area contributed by atoms with E-state index in [1.54, 1.807) is 4.90 Å². The number of nitrogens with one attached hydrogen (secondary N) is 2. The normalized spacial score (nSPS) is 32.4. The van der Waals surface area contributed by atoms with Crippen molar-refractivity contribution in [1.29, 1.82) is 0 Å². The number of nitrogens with zero attached hydrogens (tertiary/aromatic N) is 1. The van der Waals surface area contributed by atoms with Crippen LogP contribution in [0.25, 0.3) is 0 Å². The number of carbonyl (C=O) groups is 3. The third kappa shape index (κ3) is 2.63. The number of carbonyl (C=O) groups excluding carboxylic acids is 3. The van der Waals surface area contributed by atoms with Crippen LogP contribution in [0.4, 0.5) is 0 Å². The maximum Gasteiger partial charge on any atom is 0.249 e. The average Bonchev–Trinajstić information content (AvgIpc) is 3.17. The van der Waals surface area contributed by atoms with Crippen molar-refractivity contribution >= 4 is 17.7 Å². The Kier molecular flexibility index (Phi) is 3.26. The van der Waals surface area contributed by atoms with Crippen LogP contribution in [-0.4, -0.2) is 47.3 Å². The zero-order valence-electron chi connectivity index (χ0n) is 10.9. The number of piperidine rings is 2. The van der Waals surface area contributed by atoms with Crippen molar-refractivity contribution in [3.8, 4) is 0 Å². The largest absolute Gasteiger partial charge is 0.329 e. The van der Waals surface area contributed by atoms with Gasteiger partial charge in [-0.1, -0.05) is 0 Å². The Labute approximate surface area is 111 Å². The maximum atomic E-state index is 12.4. The van der Waals surface area contributed by atoms with Crippen LogP contribution < -0.4 is 10.6 Å². The monoisotopic (exact) mass is 265 g/mol. The summed E-state index contributed by atoms with van der Waals surface area (Å²) in [6.45, 7) is 0.619. The van der Waals surface area contributed by atoms with Gasteiger partial charge in [0.25, 0.3) is 0 Å². The lowest BCUT2D eigenvalue weighted by Crippen LogP contribution is -2.60. The van der Waals surface area contributed by atoms with E-state index in [0.29, 0.717) is 25.4 Å². The predicted molar refractivity (Wildman–Crippen MR) is 67.1 cm³/mol. The lowest BCUT2D eigenvalue weighted by Gasteiger charge is -2.38. The Morgan fingerprint density at radius 1 is 1.11 bits per heavy atom. The molecule has 2 N–H and O–H groups in total. The highest BCUT2D eigenvalue weighted by Crippen LogP contribution is 2.24. The van der Waals surface area contributed by atoms with Crippen LogP contribution in [-0.2, 0) is 14.4 Å². The Bertz CT molecular complexity index is 419. The Balaban J connectivity index is 1.67. The summed E-state index contributed by atoms with van der Waals surface area (Å²) >= 11 is 0. The Morgan fingerprint density at radius 2 is 1.89 bits per heavy atom. The Morgan fingerprint density at radius 3 is 2.58 bits per heavy atom. The number of imide groups is 1. The third-order valence-corrected chi connectivity index (χ3v) is 4.07. The van der Waals surface area contributed by atoms with Gasteiger partial charge in [-0.05, 0) is 32.1 Å². The van der Waals surface area contributed by atoms with Gasteiger partial charge in [0.2, 0.25) is 17.7 Å². The van der Waals surface area contributed by atoms with Gasteiger partial charge >= 0.3 is 0 Å². The third-order valence-electron chi connectivity index (χ3n) is 4.07. The highest BCUT2D eigenvalue weighted by atomic mass is 16.2. The van der Waals surface area contributed by atoms with Crippen LogP contribution in [0.5, 0.6) is 0 Å². The van der Waals surface area contributed by atoms with E-state index in [4.69, 9.17) is 0 Å². The number of hydrogen-bond acceptors (Lipinski definition) is 4. The molecule has 2 saturated heterocycles. The molecule has 1 aliphatic carbocycles. The van der Waals surface area contributed by atoms with E-state index in [0.717, 1.165) is 25.7 Å². The summed E-state index contributed by atoms with van der Waals surface area (Å²) in [5.41, 5.74) is 0. The first-order chi connectivity index (χ1) is 9.15. The molecule has 3 rings (SSSR count). The number of hydrogen-bond donors (Lipinski definition) is 2. The summed E-state index contributed by atoms with van der Waals surface area (Å²) in [5.74, 6) is -0.539. The van der Waals surface area contributed by atoms with Crippen molar-refractivity contribution in [2.45, 2.75) is 56.7 Å². The van der Waals surface area contributed by atoms with Gasteiger partial charge in [0, 0.05) is 19.0 Å². The summed E-state index contributed by atoms with van der Waals surface area (Å²) in [6, 6.07) is -0.128. The molecule has 3 aliphatic rings. The summed E-state index contributed by atoms with van der Waals surface area (Å²) in [5, 5.41) is 5.67. The van der Waals surface area contributed by atoms with Crippen LogP contribution >= 0.6 is 0 Å². The van der Waals surface area contributed by atoms with Gasteiger partial charge in [-0.15, -0.1) is 0 Å². The van der Waals surface area contributed by atoms with Crippen LogP contribution in [0.15, 0.2) is 0 Å². The highest BCUT2D eigenvalue weighted by Gasteiger charge is 2.40. The molecule has 0 spiro atoms. The molecule has 104 valence electrons. The fourth-order valence-corrected chi connectivity index (χ4v) is 2.88. The number of rotatable bonds is 3. The van der Waals surface area contributed by atoms with Gasteiger partial charge in [0.05, 0.1) is 6.04 Å². The summed E-state index contributed by atoms with van der Waals surface area (Å²) in [7, 11) is 0. The molecule has 0 bridgehead atoms. The molecular weight excluding hydrogens is 246 g/mol. The molecule has 3 fully saturated rings. The minimum absolute atomic E-state index is 0.0210. The smallest absolute Gasteiger partial charge is 0.249 e. The SMILES string of the molecule is O=C1CCC(N2CCCC(NC3CC3)C2=O)C(=O)N1. The zero-order chi connectivity index (χ0) is 13.4. The minimum Gasteiger partial charge on any atom is -0.329 e. The van der Waals surface area contributed by atoms with E-state index in [2.05, 4.69) is 10.6 Å². The molecule has 0 radical (unpaired) electrons. The molecule has 6 heteroatoms. The molecular formula is C13H19N3O3. The van der Waals surface area contributed by atoms with E-state index in [1.165, 1.54) is 0 Å². The van der Waals surface area contributed by atoms with Crippen LogP contribution in [0.2, 0.25) is 0 Å². The van der Waals surface area contributed by atoms with Crippen molar-refractivity contribution in [3.05, 3.63) is 0 Å². The molecule has 2 unspecified atom stereocenters. The van der Waals surface area contributed by atoms with E-state index in [1.807, 2.05) is 0 Å². The van der Waals surface area contributed by atoms with Crippen LogP contribution in [0, 0.1) is 0 Å². The summed E-state index contributed by atoms with van der Waals surface area (Å²) in [4.78, 5) is 37.1. The predicted octanol–water partition coefficient (Wildman–Crippen LogP) is -0.465. The van der Waals surface area contributed by atoms with Crippen molar-refractivity contribution in [1.82, 2.24) is 15.5 Å². The van der Waals surface area contributed by atoms with Gasteiger partial charge in [-0.2, -0.15) is 0 Å². The quantitative estimate of drug-likeness (QED) is 0.677. The average molecular weight is 265 g/mol. The maximum absolute atomic E-state index is 12.4. The fourth-order valence-electron chi connectivity index (χ4n) is 2.88. The molecule has 19 heavy (non-hydrogen) atoms. The standard InChI is InChI=1S/C13H19N3O3/c17-11-6-5-10(12(18)15-11)16-7-1-2-9(13(16)19)14-8-3-4-8/h8-10,14H,1-7H2,(H,15,17,18). The van der Waals surface area contributed by atoms with E-state index in [9.17, 15) is 14.4 Å². The molecule has 2 atom stereocenters. The van der Waals surface area contributed by atoms with Crippen molar-refractivity contribution in [3.63, 3.8) is 0 Å². The van der Waals surface area contributed by atoms with Gasteiger partial charge in [-0.25, -0.2) is 0 Å². The first kappa shape index (κ1) is 12.6. The number of likely N-dealkylation sites (tertiary alicyclic amines) is 1. The number of amides is 3. The molecule has 1 saturated carbocycles. The first-order valence-corrected chi connectivity index (χ1v) is 7.05. The molecule has 6 nitrogen and oxygen atoms in total. The molecule has 0 aromatic rings. The van der Waals surface area contributed by atoms with Crippen molar-refractivity contribution in [2.75, 3.05) is 6.54 Å². The second-order valence-corrected chi connectivity index (χ2v) is 5.63. The lowest BCUT2D eigenvalue weighted by molar-refractivity contribution is -0.148. The highest BCUT2D eigenvalue weighted by molar-refractivity contribution is 6.02. The topological polar surface area (TPSA) is 78.5 Å². The zero-order valence-corrected chi connectivity index (χ0v) is 10.9. The van der Waals surface area contributed by atoms with E-state index in [-0.39, 0.29) is 23.8 Å². The first-order valence-electron chi connectivity index (χ1n) is 7.05. The molecule has 0 aromatic carbocycles. The molecule has 2 aliphatic heterocycles. The summed E-state index contributed by atoms with van der Waals surface area (Å²) in [6.07, 6.45) is 4.81. The summed E-state index contributed by atoms with van der Waals surface area (Å²) < 4.78 is 0.